The van der Waals surface area contributed by atoms with Crippen LogP contribution in [0.2, 0.25) is 0 Å². The predicted octanol–water partition coefficient (Wildman–Crippen LogP) is 3.83. The van der Waals surface area contributed by atoms with Crippen LogP contribution in [0.5, 0.6) is 0 Å². The summed E-state index contributed by atoms with van der Waals surface area (Å²) in [5, 5.41) is 19.8. The van der Waals surface area contributed by atoms with E-state index in [4.69, 9.17) is 0 Å². The molecule has 3 aromatic rings. The first-order valence-corrected chi connectivity index (χ1v) is 9.61. The molecular weight excluding hydrogens is 371 g/mol. The molecule has 7 heteroatoms. The van der Waals surface area contributed by atoms with Crippen LogP contribution in [0, 0.1) is 12.7 Å². The standard InChI is InChI=1S/C22H25FN4O2/c1-16-14-21(26-27(16)19-9-5-8-18(23)15-19)25-22(29)24-13-12-20(28)11-10-17-6-3-2-4-7-17/h2-9,14-15,20,28H,10-13H2,1H3,(H2,24,25,26,29). The molecule has 29 heavy (non-hydrogen) atoms. The zero-order chi connectivity index (χ0) is 20.6. The third kappa shape index (κ3) is 6.15. The van der Waals surface area contributed by atoms with Gasteiger partial charge in [0.2, 0.25) is 0 Å². The second-order valence-electron chi connectivity index (χ2n) is 6.91. The maximum absolute atomic E-state index is 13.4. The van der Waals surface area contributed by atoms with E-state index in [0.29, 0.717) is 30.9 Å². The van der Waals surface area contributed by atoms with E-state index in [0.717, 1.165) is 12.1 Å². The number of urea groups is 1. The molecule has 2 amide bonds. The summed E-state index contributed by atoms with van der Waals surface area (Å²) in [7, 11) is 0. The lowest BCUT2D eigenvalue weighted by Gasteiger charge is -2.11. The van der Waals surface area contributed by atoms with E-state index < -0.39 is 12.1 Å². The first kappa shape index (κ1) is 20.5. The van der Waals surface area contributed by atoms with Crippen LogP contribution in [-0.2, 0) is 6.42 Å². The molecule has 0 spiro atoms. The Morgan fingerprint density at radius 2 is 1.93 bits per heavy atom. The molecule has 0 saturated carbocycles. The van der Waals surface area contributed by atoms with Gasteiger partial charge in [0.15, 0.2) is 5.82 Å². The van der Waals surface area contributed by atoms with Crippen molar-refractivity contribution in [3.8, 4) is 5.69 Å². The topological polar surface area (TPSA) is 79.2 Å². The highest BCUT2D eigenvalue weighted by Crippen LogP contribution is 2.16. The molecule has 3 N–H and O–H groups in total. The number of aromatic nitrogens is 2. The molecule has 0 bridgehead atoms. The number of halogens is 1. The van der Waals surface area contributed by atoms with E-state index in [1.165, 1.54) is 17.7 Å². The van der Waals surface area contributed by atoms with Gasteiger partial charge in [-0.3, -0.25) is 5.32 Å². The van der Waals surface area contributed by atoms with Gasteiger partial charge in [-0.25, -0.2) is 13.9 Å². The minimum Gasteiger partial charge on any atom is -0.393 e. The van der Waals surface area contributed by atoms with Crippen LogP contribution in [0.25, 0.3) is 5.69 Å². The van der Waals surface area contributed by atoms with Crippen LogP contribution in [-0.4, -0.2) is 33.6 Å². The van der Waals surface area contributed by atoms with E-state index in [1.807, 2.05) is 37.3 Å². The predicted molar refractivity (Wildman–Crippen MR) is 111 cm³/mol. The summed E-state index contributed by atoms with van der Waals surface area (Å²) in [6.07, 6.45) is 1.43. The number of anilines is 1. The minimum atomic E-state index is -0.482. The van der Waals surface area contributed by atoms with Gasteiger partial charge in [-0.05, 0) is 49.9 Å². The third-order valence-electron chi connectivity index (χ3n) is 4.55. The van der Waals surface area contributed by atoms with Gasteiger partial charge in [0, 0.05) is 18.3 Å². The first-order valence-electron chi connectivity index (χ1n) is 9.61. The fourth-order valence-electron chi connectivity index (χ4n) is 3.04. The summed E-state index contributed by atoms with van der Waals surface area (Å²) in [5.74, 6) is 0.0179. The lowest BCUT2D eigenvalue weighted by Crippen LogP contribution is -2.31. The van der Waals surface area contributed by atoms with Gasteiger partial charge in [-0.2, -0.15) is 0 Å². The molecule has 1 atom stereocenters. The number of benzene rings is 2. The number of rotatable bonds is 8. The number of carbonyl (C=O) groups excluding carboxylic acids is 1. The van der Waals surface area contributed by atoms with Crippen LogP contribution in [0.1, 0.15) is 24.1 Å². The Kier molecular flexibility index (Phi) is 6.97. The Morgan fingerprint density at radius 3 is 2.69 bits per heavy atom. The van der Waals surface area contributed by atoms with Crippen molar-refractivity contribution in [2.45, 2.75) is 32.3 Å². The number of aliphatic hydroxyl groups excluding tert-OH is 1. The molecule has 0 aliphatic carbocycles. The highest BCUT2D eigenvalue weighted by molar-refractivity contribution is 5.88. The molecule has 0 radical (unpaired) electrons. The van der Waals surface area contributed by atoms with Crippen molar-refractivity contribution in [3.05, 3.63) is 77.7 Å². The summed E-state index contributed by atoms with van der Waals surface area (Å²) in [5.41, 5.74) is 2.53. The van der Waals surface area contributed by atoms with E-state index in [2.05, 4.69) is 15.7 Å². The third-order valence-corrected chi connectivity index (χ3v) is 4.55. The first-order chi connectivity index (χ1) is 14.0. The average molecular weight is 396 g/mol. The Balaban J connectivity index is 1.43. The molecular formula is C22H25FN4O2. The van der Waals surface area contributed by atoms with Crippen LogP contribution < -0.4 is 10.6 Å². The molecule has 0 fully saturated rings. The van der Waals surface area contributed by atoms with E-state index in [9.17, 15) is 14.3 Å². The van der Waals surface area contributed by atoms with Crippen molar-refractivity contribution in [2.24, 2.45) is 0 Å². The van der Waals surface area contributed by atoms with E-state index >= 15 is 0 Å². The van der Waals surface area contributed by atoms with Gasteiger partial charge in [-0.1, -0.05) is 36.4 Å². The van der Waals surface area contributed by atoms with Crippen LogP contribution in [0.4, 0.5) is 15.0 Å². The normalized spacial score (nSPS) is 11.8. The lowest BCUT2D eigenvalue weighted by atomic mass is 10.1. The second-order valence-corrected chi connectivity index (χ2v) is 6.91. The van der Waals surface area contributed by atoms with Crippen molar-refractivity contribution in [3.63, 3.8) is 0 Å². The van der Waals surface area contributed by atoms with Crippen LogP contribution in [0.3, 0.4) is 0 Å². The zero-order valence-corrected chi connectivity index (χ0v) is 16.3. The molecule has 6 nitrogen and oxygen atoms in total. The Labute approximate surface area is 169 Å². The monoisotopic (exact) mass is 396 g/mol. The second kappa shape index (κ2) is 9.84. The minimum absolute atomic E-state index is 0.351. The fraction of sp³-hybridized carbons (Fsp3) is 0.273. The molecule has 1 aromatic heterocycles. The summed E-state index contributed by atoms with van der Waals surface area (Å²) in [6, 6.07) is 17.4. The Bertz CT molecular complexity index is 943. The van der Waals surface area contributed by atoms with Gasteiger partial charge in [-0.15, -0.1) is 5.10 Å². The summed E-state index contributed by atoms with van der Waals surface area (Å²) in [4.78, 5) is 12.1. The number of carbonyl (C=O) groups is 1. The smallest absolute Gasteiger partial charge is 0.320 e. The van der Waals surface area contributed by atoms with Crippen molar-refractivity contribution < 1.29 is 14.3 Å². The SMILES string of the molecule is Cc1cc(NC(=O)NCCC(O)CCc2ccccc2)nn1-c1cccc(F)c1. The largest absolute Gasteiger partial charge is 0.393 e. The summed E-state index contributed by atoms with van der Waals surface area (Å²) in [6.45, 7) is 2.18. The van der Waals surface area contributed by atoms with Gasteiger partial charge >= 0.3 is 6.03 Å². The van der Waals surface area contributed by atoms with Gasteiger partial charge < -0.3 is 10.4 Å². The molecule has 2 aromatic carbocycles. The number of amides is 2. The molecule has 0 aliphatic heterocycles. The van der Waals surface area contributed by atoms with Crippen LogP contribution >= 0.6 is 0 Å². The van der Waals surface area contributed by atoms with Gasteiger partial charge in [0.05, 0.1) is 11.8 Å². The lowest BCUT2D eigenvalue weighted by molar-refractivity contribution is 0.155. The van der Waals surface area contributed by atoms with Crippen molar-refractivity contribution in [1.29, 1.82) is 0 Å². The zero-order valence-electron chi connectivity index (χ0n) is 16.3. The number of hydrogen-bond donors (Lipinski definition) is 3. The molecule has 152 valence electrons. The fourth-order valence-corrected chi connectivity index (χ4v) is 3.04. The number of nitrogens with one attached hydrogen (secondary N) is 2. The quantitative estimate of drug-likeness (QED) is 0.541. The molecule has 1 heterocycles. The van der Waals surface area contributed by atoms with Crippen LogP contribution in [0.15, 0.2) is 60.7 Å². The number of aliphatic hydroxyl groups is 1. The Morgan fingerprint density at radius 1 is 1.14 bits per heavy atom. The molecule has 3 rings (SSSR count). The summed E-state index contributed by atoms with van der Waals surface area (Å²) >= 11 is 0. The van der Waals surface area contributed by atoms with E-state index in [-0.39, 0.29) is 5.82 Å². The molecule has 0 aliphatic rings. The number of hydrogen-bond acceptors (Lipinski definition) is 3. The highest BCUT2D eigenvalue weighted by atomic mass is 19.1. The van der Waals surface area contributed by atoms with Gasteiger partial charge in [0.1, 0.15) is 5.82 Å². The maximum Gasteiger partial charge on any atom is 0.320 e. The molecule has 1 unspecified atom stereocenters. The summed E-state index contributed by atoms with van der Waals surface area (Å²) < 4.78 is 15.0. The van der Waals surface area contributed by atoms with E-state index in [1.54, 1.807) is 22.9 Å². The van der Waals surface area contributed by atoms with Crippen molar-refractivity contribution >= 4 is 11.8 Å². The van der Waals surface area contributed by atoms with Crippen molar-refractivity contribution in [1.82, 2.24) is 15.1 Å². The molecule has 0 saturated heterocycles. The average Bonchev–Trinajstić information content (AvgIpc) is 3.07. The highest BCUT2D eigenvalue weighted by Gasteiger charge is 2.10. The Hall–Kier alpha value is -3.19. The van der Waals surface area contributed by atoms with Gasteiger partial charge in [0.25, 0.3) is 0 Å². The van der Waals surface area contributed by atoms with Crippen molar-refractivity contribution in [2.75, 3.05) is 11.9 Å². The maximum atomic E-state index is 13.4. The number of aryl methyl sites for hydroxylation is 2. The number of nitrogens with zero attached hydrogens (tertiary/aromatic N) is 2.